The summed E-state index contributed by atoms with van der Waals surface area (Å²) in [5, 5.41) is 6.80. The molecule has 0 spiro atoms. The van der Waals surface area contributed by atoms with Crippen molar-refractivity contribution < 1.29 is 0 Å². The molecule has 0 aliphatic heterocycles. The van der Waals surface area contributed by atoms with E-state index in [0.29, 0.717) is 6.04 Å². The zero-order valence-corrected chi connectivity index (χ0v) is 12.3. The first-order valence-electron chi connectivity index (χ1n) is 6.28. The molecule has 1 atom stereocenters. The van der Waals surface area contributed by atoms with Gasteiger partial charge in [-0.2, -0.15) is 0 Å². The monoisotopic (exact) mass is 260 g/mol. The number of nitrogens with one attached hydrogen (secondary N) is 1. The maximum absolute atomic E-state index is 4.52. The van der Waals surface area contributed by atoms with Crippen LogP contribution in [0, 0.1) is 20.8 Å². The highest BCUT2D eigenvalue weighted by atomic mass is 32.1. The molecule has 3 heteroatoms. The van der Waals surface area contributed by atoms with Gasteiger partial charge in [-0.15, -0.1) is 11.3 Å². The second kappa shape index (κ2) is 5.63. The molecule has 0 saturated carbocycles. The molecule has 1 N–H and O–H groups in total. The van der Waals surface area contributed by atoms with Gasteiger partial charge in [0.15, 0.2) is 0 Å². The largest absolute Gasteiger partial charge is 0.304 e. The minimum absolute atomic E-state index is 0.310. The smallest absolute Gasteiger partial charge is 0.110 e. The Hall–Kier alpha value is -1.19. The zero-order valence-electron chi connectivity index (χ0n) is 11.4. The van der Waals surface area contributed by atoms with E-state index in [1.165, 1.54) is 16.7 Å². The average Bonchev–Trinajstić information content (AvgIpc) is 2.74. The van der Waals surface area contributed by atoms with E-state index in [1.807, 2.05) is 6.92 Å². The lowest BCUT2D eigenvalue weighted by atomic mass is 10.1. The van der Waals surface area contributed by atoms with Crippen molar-refractivity contribution in [3.63, 3.8) is 0 Å². The summed E-state index contributed by atoms with van der Waals surface area (Å²) in [5.41, 5.74) is 5.14. The SMILES string of the molecule is Cc1ccc(CNC(C)c2nc(C)cs2)c(C)c1. The fraction of sp³-hybridized carbons (Fsp3) is 0.400. The van der Waals surface area contributed by atoms with Crippen molar-refractivity contribution in [3.05, 3.63) is 51.0 Å². The molecule has 18 heavy (non-hydrogen) atoms. The molecule has 0 amide bonds. The van der Waals surface area contributed by atoms with Gasteiger partial charge in [0.05, 0.1) is 6.04 Å². The number of thiazole rings is 1. The van der Waals surface area contributed by atoms with E-state index in [-0.39, 0.29) is 0 Å². The van der Waals surface area contributed by atoms with Crippen LogP contribution >= 0.6 is 11.3 Å². The molecule has 1 unspecified atom stereocenters. The van der Waals surface area contributed by atoms with E-state index in [0.717, 1.165) is 17.2 Å². The first kappa shape index (κ1) is 13.2. The van der Waals surface area contributed by atoms with Crippen LogP contribution in [0.3, 0.4) is 0 Å². The summed E-state index contributed by atoms with van der Waals surface area (Å²) in [6, 6.07) is 6.92. The first-order chi connectivity index (χ1) is 8.56. The van der Waals surface area contributed by atoms with Crippen molar-refractivity contribution in [1.29, 1.82) is 0 Å². The third-order valence-corrected chi connectivity index (χ3v) is 4.25. The molecule has 0 aliphatic carbocycles. The normalized spacial score (nSPS) is 12.7. The molecule has 0 radical (unpaired) electrons. The number of hydrogen-bond donors (Lipinski definition) is 1. The molecule has 2 nitrogen and oxygen atoms in total. The van der Waals surface area contributed by atoms with Crippen molar-refractivity contribution in [2.75, 3.05) is 0 Å². The molecule has 1 aromatic heterocycles. The van der Waals surface area contributed by atoms with E-state index in [1.54, 1.807) is 11.3 Å². The Morgan fingerprint density at radius 3 is 2.67 bits per heavy atom. The number of benzene rings is 1. The molecule has 0 bridgehead atoms. The van der Waals surface area contributed by atoms with E-state index >= 15 is 0 Å². The predicted octanol–water partition coefficient (Wildman–Crippen LogP) is 3.92. The highest BCUT2D eigenvalue weighted by molar-refractivity contribution is 7.09. The van der Waals surface area contributed by atoms with E-state index in [9.17, 15) is 0 Å². The summed E-state index contributed by atoms with van der Waals surface area (Å²) in [5.74, 6) is 0. The van der Waals surface area contributed by atoms with Gasteiger partial charge in [-0.05, 0) is 38.8 Å². The van der Waals surface area contributed by atoms with Crippen LogP contribution in [-0.2, 0) is 6.54 Å². The lowest BCUT2D eigenvalue weighted by Gasteiger charge is -2.13. The van der Waals surface area contributed by atoms with E-state index < -0.39 is 0 Å². The van der Waals surface area contributed by atoms with Crippen molar-refractivity contribution in [2.45, 2.75) is 40.3 Å². The summed E-state index contributed by atoms with van der Waals surface area (Å²) < 4.78 is 0. The molecular formula is C15H20N2S. The summed E-state index contributed by atoms with van der Waals surface area (Å²) in [7, 11) is 0. The van der Waals surface area contributed by atoms with Gasteiger partial charge in [0.1, 0.15) is 5.01 Å². The van der Waals surface area contributed by atoms with Crippen molar-refractivity contribution >= 4 is 11.3 Å². The molecule has 0 saturated heterocycles. The van der Waals surface area contributed by atoms with Crippen LogP contribution in [0.25, 0.3) is 0 Å². The fourth-order valence-electron chi connectivity index (χ4n) is 1.97. The van der Waals surface area contributed by atoms with Crippen molar-refractivity contribution in [3.8, 4) is 0 Å². The fourth-order valence-corrected chi connectivity index (χ4v) is 2.79. The number of nitrogens with zero attached hydrogens (tertiary/aromatic N) is 1. The van der Waals surface area contributed by atoms with Crippen LogP contribution in [0.2, 0.25) is 0 Å². The molecule has 2 aromatic rings. The predicted molar refractivity (Wildman–Crippen MR) is 78.0 cm³/mol. The minimum atomic E-state index is 0.310. The Morgan fingerprint density at radius 1 is 1.28 bits per heavy atom. The number of aryl methyl sites for hydroxylation is 3. The Labute approximate surface area is 113 Å². The van der Waals surface area contributed by atoms with Crippen LogP contribution in [0.1, 0.15) is 40.4 Å². The molecule has 1 heterocycles. The second-order valence-corrected chi connectivity index (χ2v) is 5.75. The zero-order chi connectivity index (χ0) is 13.1. The summed E-state index contributed by atoms with van der Waals surface area (Å²) in [4.78, 5) is 4.52. The topological polar surface area (TPSA) is 24.9 Å². The lowest BCUT2D eigenvalue weighted by Crippen LogP contribution is -2.18. The average molecular weight is 260 g/mol. The molecule has 0 fully saturated rings. The number of rotatable bonds is 4. The molecule has 0 aliphatic rings. The van der Waals surface area contributed by atoms with Crippen LogP contribution in [0.5, 0.6) is 0 Å². The van der Waals surface area contributed by atoms with Gasteiger partial charge in [0.2, 0.25) is 0 Å². The van der Waals surface area contributed by atoms with Gasteiger partial charge in [-0.1, -0.05) is 23.8 Å². The highest BCUT2D eigenvalue weighted by Crippen LogP contribution is 2.18. The Kier molecular flexibility index (Phi) is 4.15. The minimum Gasteiger partial charge on any atom is -0.304 e. The van der Waals surface area contributed by atoms with Gasteiger partial charge >= 0.3 is 0 Å². The Bertz CT molecular complexity index is 531. The van der Waals surface area contributed by atoms with Gasteiger partial charge in [0.25, 0.3) is 0 Å². The van der Waals surface area contributed by atoms with E-state index in [4.69, 9.17) is 0 Å². The third kappa shape index (κ3) is 3.18. The number of hydrogen-bond acceptors (Lipinski definition) is 3. The van der Waals surface area contributed by atoms with Crippen LogP contribution in [-0.4, -0.2) is 4.98 Å². The third-order valence-electron chi connectivity index (χ3n) is 3.10. The van der Waals surface area contributed by atoms with Crippen LogP contribution < -0.4 is 5.32 Å². The lowest BCUT2D eigenvalue weighted by molar-refractivity contribution is 0.570. The Morgan fingerprint density at radius 2 is 2.06 bits per heavy atom. The quantitative estimate of drug-likeness (QED) is 0.901. The van der Waals surface area contributed by atoms with Gasteiger partial charge < -0.3 is 5.32 Å². The number of aromatic nitrogens is 1. The van der Waals surface area contributed by atoms with Crippen molar-refractivity contribution in [2.24, 2.45) is 0 Å². The van der Waals surface area contributed by atoms with Gasteiger partial charge in [0, 0.05) is 17.6 Å². The second-order valence-electron chi connectivity index (χ2n) is 4.86. The van der Waals surface area contributed by atoms with Crippen LogP contribution in [0.15, 0.2) is 23.6 Å². The van der Waals surface area contributed by atoms with Crippen LogP contribution in [0.4, 0.5) is 0 Å². The Balaban J connectivity index is 1.99. The molecule has 2 rings (SSSR count). The molecule has 96 valence electrons. The summed E-state index contributed by atoms with van der Waals surface area (Å²) in [6.45, 7) is 9.40. The molecular weight excluding hydrogens is 240 g/mol. The summed E-state index contributed by atoms with van der Waals surface area (Å²) in [6.07, 6.45) is 0. The first-order valence-corrected chi connectivity index (χ1v) is 7.16. The maximum atomic E-state index is 4.52. The molecule has 1 aromatic carbocycles. The van der Waals surface area contributed by atoms with E-state index in [2.05, 4.69) is 54.7 Å². The van der Waals surface area contributed by atoms with Gasteiger partial charge in [-0.25, -0.2) is 4.98 Å². The highest BCUT2D eigenvalue weighted by Gasteiger charge is 2.09. The van der Waals surface area contributed by atoms with Crippen molar-refractivity contribution in [1.82, 2.24) is 10.3 Å². The van der Waals surface area contributed by atoms with Gasteiger partial charge in [-0.3, -0.25) is 0 Å². The standard InChI is InChI=1S/C15H20N2S/c1-10-5-6-14(11(2)7-10)8-16-13(4)15-17-12(3)9-18-15/h5-7,9,13,16H,8H2,1-4H3. The summed E-state index contributed by atoms with van der Waals surface area (Å²) >= 11 is 1.73. The maximum Gasteiger partial charge on any atom is 0.110 e.